The van der Waals surface area contributed by atoms with Crippen LogP contribution in [-0.2, 0) is 16.6 Å². The molecule has 0 radical (unpaired) electrons. The number of carbonyl (C=O) groups is 2. The van der Waals surface area contributed by atoms with Crippen LogP contribution in [0.3, 0.4) is 0 Å². The van der Waals surface area contributed by atoms with Crippen LogP contribution < -0.4 is 15.5 Å². The lowest BCUT2D eigenvalue weighted by atomic mass is 10.0. The molecular weight excluding hydrogens is 416 g/mol. The van der Waals surface area contributed by atoms with Gasteiger partial charge in [-0.3, -0.25) is 9.59 Å². The van der Waals surface area contributed by atoms with Crippen LogP contribution in [0.4, 0.5) is 0 Å². The Morgan fingerprint density at radius 2 is 1.79 bits per heavy atom. The Kier molecular flexibility index (Phi) is 7.87. The second-order valence-electron chi connectivity index (χ2n) is 8.61. The van der Waals surface area contributed by atoms with E-state index in [0.717, 1.165) is 27.7 Å². The molecule has 0 unspecified atom stereocenters. The molecule has 0 saturated carbocycles. The Morgan fingerprint density at radius 3 is 2.52 bits per heavy atom. The molecule has 2 aromatic carbocycles. The van der Waals surface area contributed by atoms with Crippen molar-refractivity contribution in [2.75, 3.05) is 6.61 Å². The lowest BCUT2D eigenvalue weighted by Crippen LogP contribution is -2.47. The molecule has 2 N–H and O–H groups in total. The highest BCUT2D eigenvalue weighted by atomic mass is 16.5. The van der Waals surface area contributed by atoms with E-state index >= 15 is 0 Å². The van der Waals surface area contributed by atoms with Crippen molar-refractivity contribution in [1.29, 1.82) is 0 Å². The first-order chi connectivity index (χ1) is 15.8. The summed E-state index contributed by atoms with van der Waals surface area (Å²) in [5.74, 6) is 0.144. The van der Waals surface area contributed by atoms with Crippen LogP contribution in [0.25, 0.3) is 10.9 Å². The topological polar surface area (TPSA) is 84.7 Å². The number of nitrogens with one attached hydrogen (secondary N) is 2. The number of fused-ring (bicyclic) bond motifs is 1. The van der Waals surface area contributed by atoms with Crippen LogP contribution in [0.5, 0.6) is 5.75 Å². The van der Waals surface area contributed by atoms with E-state index in [4.69, 9.17) is 4.74 Å². The molecule has 7 heteroatoms. The fraction of sp³-hybridized carbons (Fsp3) is 0.346. The summed E-state index contributed by atoms with van der Waals surface area (Å²) in [5, 5.41) is 8.03. The maximum absolute atomic E-state index is 12.8. The average Bonchev–Trinajstić information content (AvgIpc) is 3.03. The van der Waals surface area contributed by atoms with Crippen molar-refractivity contribution < 1.29 is 14.3 Å². The molecule has 3 aromatic rings. The summed E-state index contributed by atoms with van der Waals surface area (Å²) in [7, 11) is 2.00. The van der Waals surface area contributed by atoms with E-state index in [1.807, 2.05) is 83.3 Å². The van der Waals surface area contributed by atoms with Gasteiger partial charge in [-0.2, -0.15) is 5.10 Å². The summed E-state index contributed by atoms with van der Waals surface area (Å²) in [4.78, 5) is 25.3. The predicted octanol–water partition coefficient (Wildman–Crippen LogP) is 3.86. The van der Waals surface area contributed by atoms with E-state index in [2.05, 4.69) is 20.4 Å². The minimum absolute atomic E-state index is 0.162. The first-order valence-corrected chi connectivity index (χ1v) is 11.1. The maximum atomic E-state index is 12.8. The van der Waals surface area contributed by atoms with E-state index in [-0.39, 0.29) is 24.3 Å². The Hall–Kier alpha value is -3.61. The van der Waals surface area contributed by atoms with Crippen LogP contribution in [-0.4, -0.2) is 35.2 Å². The third kappa shape index (κ3) is 6.00. The molecule has 33 heavy (non-hydrogen) atoms. The highest BCUT2D eigenvalue weighted by Gasteiger charge is 2.22. The summed E-state index contributed by atoms with van der Waals surface area (Å²) < 4.78 is 7.70. The molecular formula is C26H32N4O3. The highest BCUT2D eigenvalue weighted by molar-refractivity contribution is 6.01. The SMILES string of the molecule is Cc1ccccc1OCC(=O)N[C@H](CC(C)C)C(=O)N/N=C\c1c(C)n(C)c2ccccc12. The monoisotopic (exact) mass is 448 g/mol. The van der Waals surface area contributed by atoms with Crippen molar-refractivity contribution in [2.24, 2.45) is 18.1 Å². The first kappa shape index (κ1) is 24.0. The predicted molar refractivity (Wildman–Crippen MR) is 131 cm³/mol. The van der Waals surface area contributed by atoms with Gasteiger partial charge in [-0.1, -0.05) is 50.2 Å². The quantitative estimate of drug-likeness (QED) is 0.385. The Balaban J connectivity index is 1.64. The smallest absolute Gasteiger partial charge is 0.262 e. The van der Waals surface area contributed by atoms with Crippen LogP contribution in [0.15, 0.2) is 53.6 Å². The zero-order chi connectivity index (χ0) is 24.0. The first-order valence-electron chi connectivity index (χ1n) is 11.1. The normalized spacial score (nSPS) is 12.3. The Bertz CT molecular complexity index is 1160. The molecule has 2 amide bonds. The average molecular weight is 449 g/mol. The van der Waals surface area contributed by atoms with Gasteiger partial charge in [-0.15, -0.1) is 0 Å². The summed E-state index contributed by atoms with van der Waals surface area (Å²) in [5.41, 5.74) is 6.63. The number of ether oxygens (including phenoxy) is 1. The summed E-state index contributed by atoms with van der Waals surface area (Å²) in [6, 6.07) is 14.8. The van der Waals surface area contributed by atoms with E-state index in [9.17, 15) is 9.59 Å². The van der Waals surface area contributed by atoms with Gasteiger partial charge in [0.15, 0.2) is 6.61 Å². The van der Waals surface area contributed by atoms with E-state index < -0.39 is 6.04 Å². The number of hydrogen-bond donors (Lipinski definition) is 2. The Labute approximate surface area is 194 Å². The summed E-state index contributed by atoms with van der Waals surface area (Å²) >= 11 is 0. The number of aromatic nitrogens is 1. The molecule has 0 aliphatic rings. The van der Waals surface area contributed by atoms with Gasteiger partial charge in [-0.25, -0.2) is 5.43 Å². The van der Waals surface area contributed by atoms with Gasteiger partial charge in [0.1, 0.15) is 11.8 Å². The van der Waals surface area contributed by atoms with E-state index in [1.165, 1.54) is 0 Å². The largest absolute Gasteiger partial charge is 0.484 e. The molecule has 1 atom stereocenters. The highest BCUT2D eigenvalue weighted by Crippen LogP contribution is 2.23. The van der Waals surface area contributed by atoms with Gasteiger partial charge in [0.25, 0.3) is 11.8 Å². The summed E-state index contributed by atoms with van der Waals surface area (Å²) in [6.07, 6.45) is 2.15. The third-order valence-electron chi connectivity index (χ3n) is 5.63. The van der Waals surface area contributed by atoms with E-state index in [0.29, 0.717) is 12.2 Å². The molecule has 0 aliphatic heterocycles. The number of rotatable bonds is 9. The van der Waals surface area contributed by atoms with Gasteiger partial charge >= 0.3 is 0 Å². The minimum atomic E-state index is -0.705. The van der Waals surface area contributed by atoms with Crippen molar-refractivity contribution in [3.05, 3.63) is 65.4 Å². The van der Waals surface area contributed by atoms with Crippen molar-refractivity contribution in [3.8, 4) is 5.75 Å². The fourth-order valence-corrected chi connectivity index (χ4v) is 3.75. The van der Waals surface area contributed by atoms with E-state index in [1.54, 1.807) is 6.21 Å². The number of aryl methyl sites for hydroxylation is 2. The molecule has 3 rings (SSSR count). The van der Waals surface area contributed by atoms with Crippen LogP contribution in [0, 0.1) is 19.8 Å². The molecule has 0 fully saturated rings. The fourth-order valence-electron chi connectivity index (χ4n) is 3.75. The number of amides is 2. The van der Waals surface area contributed by atoms with Crippen molar-refractivity contribution in [3.63, 3.8) is 0 Å². The summed E-state index contributed by atoms with van der Waals surface area (Å²) in [6.45, 7) is 7.76. The van der Waals surface area contributed by atoms with Crippen molar-refractivity contribution >= 4 is 28.9 Å². The van der Waals surface area contributed by atoms with Gasteiger partial charge in [0.2, 0.25) is 0 Å². The number of hydrogen-bond acceptors (Lipinski definition) is 4. The lowest BCUT2D eigenvalue weighted by Gasteiger charge is -2.19. The van der Waals surface area contributed by atoms with Crippen molar-refractivity contribution in [2.45, 2.75) is 40.2 Å². The van der Waals surface area contributed by atoms with Crippen LogP contribution in [0.1, 0.15) is 37.1 Å². The zero-order valence-corrected chi connectivity index (χ0v) is 19.9. The van der Waals surface area contributed by atoms with Crippen LogP contribution in [0.2, 0.25) is 0 Å². The van der Waals surface area contributed by atoms with Crippen LogP contribution >= 0.6 is 0 Å². The van der Waals surface area contributed by atoms with Gasteiger partial charge in [0.05, 0.1) is 6.21 Å². The van der Waals surface area contributed by atoms with Crippen molar-refractivity contribution in [1.82, 2.24) is 15.3 Å². The molecule has 1 heterocycles. The standard InChI is InChI=1S/C26H32N4O3/c1-17(2)14-22(28-25(31)16-33-24-13-9-6-10-18(24)3)26(32)29-27-15-21-19(4)30(5)23-12-8-7-11-20(21)23/h6-13,15,17,22H,14,16H2,1-5H3,(H,28,31)(H,29,32)/b27-15-/t22-/m1/s1. The van der Waals surface area contributed by atoms with Gasteiger partial charge < -0.3 is 14.6 Å². The molecule has 7 nitrogen and oxygen atoms in total. The molecule has 0 saturated heterocycles. The second-order valence-corrected chi connectivity index (χ2v) is 8.61. The number of benzene rings is 2. The van der Waals surface area contributed by atoms with Gasteiger partial charge in [0, 0.05) is 29.2 Å². The molecule has 0 bridgehead atoms. The lowest BCUT2D eigenvalue weighted by molar-refractivity contribution is -0.130. The number of hydrazone groups is 1. The molecule has 0 aliphatic carbocycles. The molecule has 1 aromatic heterocycles. The second kappa shape index (κ2) is 10.8. The molecule has 0 spiro atoms. The molecule has 174 valence electrons. The zero-order valence-electron chi connectivity index (χ0n) is 19.9. The Morgan fingerprint density at radius 1 is 1.09 bits per heavy atom. The number of carbonyl (C=O) groups excluding carboxylic acids is 2. The third-order valence-corrected chi connectivity index (χ3v) is 5.63. The van der Waals surface area contributed by atoms with Gasteiger partial charge in [-0.05, 0) is 43.9 Å². The number of nitrogens with zero attached hydrogens (tertiary/aromatic N) is 2. The number of para-hydroxylation sites is 2. The minimum Gasteiger partial charge on any atom is -0.484 e. The maximum Gasteiger partial charge on any atom is 0.262 e.